The lowest BCUT2D eigenvalue weighted by atomic mass is 10.0. The zero-order chi connectivity index (χ0) is 14.1. The van der Waals surface area contributed by atoms with Crippen LogP contribution < -0.4 is 5.32 Å². The molecule has 3 unspecified atom stereocenters. The Labute approximate surface area is 125 Å². The number of carbonyl (C=O) groups is 1. The van der Waals surface area contributed by atoms with Crippen LogP contribution in [0.25, 0.3) is 0 Å². The zero-order valence-corrected chi connectivity index (χ0v) is 12.6. The van der Waals surface area contributed by atoms with Crippen molar-refractivity contribution in [2.75, 3.05) is 20.1 Å². The molecule has 1 aromatic carbocycles. The fourth-order valence-corrected chi connectivity index (χ4v) is 3.51. The van der Waals surface area contributed by atoms with Crippen LogP contribution >= 0.6 is 11.6 Å². The number of likely N-dealkylation sites (tertiary alicyclic amines) is 1. The highest BCUT2D eigenvalue weighted by Gasteiger charge is 2.46. The number of hydrogen-bond donors (Lipinski definition) is 1. The SMILES string of the molecule is CNC1CCCN(C(=O)C2CC2c2ccccc2Cl)C1. The maximum absolute atomic E-state index is 12.6. The molecule has 3 rings (SSSR count). The van der Waals surface area contributed by atoms with Crippen molar-refractivity contribution in [1.82, 2.24) is 10.2 Å². The number of nitrogens with zero attached hydrogens (tertiary/aromatic N) is 1. The van der Waals surface area contributed by atoms with Gasteiger partial charge in [0.15, 0.2) is 0 Å². The molecule has 1 aliphatic heterocycles. The summed E-state index contributed by atoms with van der Waals surface area (Å²) in [4.78, 5) is 14.6. The van der Waals surface area contributed by atoms with E-state index in [2.05, 4.69) is 5.32 Å². The molecule has 3 atom stereocenters. The summed E-state index contributed by atoms with van der Waals surface area (Å²) in [5, 5.41) is 4.08. The fourth-order valence-electron chi connectivity index (χ4n) is 3.23. The molecular weight excluding hydrogens is 272 g/mol. The average molecular weight is 293 g/mol. The van der Waals surface area contributed by atoms with E-state index in [0.717, 1.165) is 36.5 Å². The second-order valence-electron chi connectivity index (χ2n) is 5.88. The van der Waals surface area contributed by atoms with Gasteiger partial charge in [-0.15, -0.1) is 0 Å². The number of carbonyl (C=O) groups excluding carboxylic acids is 1. The molecule has 2 fully saturated rings. The van der Waals surface area contributed by atoms with Crippen LogP contribution in [0.4, 0.5) is 0 Å². The van der Waals surface area contributed by atoms with E-state index in [1.807, 2.05) is 36.2 Å². The molecule has 1 heterocycles. The molecule has 1 N–H and O–H groups in total. The lowest BCUT2D eigenvalue weighted by Gasteiger charge is -2.32. The lowest BCUT2D eigenvalue weighted by Crippen LogP contribution is -2.47. The van der Waals surface area contributed by atoms with Crippen LogP contribution in [0, 0.1) is 5.92 Å². The van der Waals surface area contributed by atoms with Crippen LogP contribution in [0.15, 0.2) is 24.3 Å². The van der Waals surface area contributed by atoms with Gasteiger partial charge in [0.05, 0.1) is 0 Å². The number of likely N-dealkylation sites (N-methyl/N-ethyl adjacent to an activating group) is 1. The van der Waals surface area contributed by atoms with E-state index in [1.54, 1.807) is 0 Å². The number of piperidine rings is 1. The third-order valence-corrected chi connectivity index (χ3v) is 4.90. The van der Waals surface area contributed by atoms with Gasteiger partial charge in [0.25, 0.3) is 0 Å². The largest absolute Gasteiger partial charge is 0.341 e. The van der Waals surface area contributed by atoms with Crippen molar-refractivity contribution in [3.8, 4) is 0 Å². The Morgan fingerprint density at radius 2 is 2.20 bits per heavy atom. The number of halogens is 1. The Kier molecular flexibility index (Phi) is 3.99. The smallest absolute Gasteiger partial charge is 0.226 e. The normalized spacial score (nSPS) is 29.3. The Morgan fingerprint density at radius 1 is 1.40 bits per heavy atom. The van der Waals surface area contributed by atoms with E-state index >= 15 is 0 Å². The summed E-state index contributed by atoms with van der Waals surface area (Å²) in [6.45, 7) is 1.75. The summed E-state index contributed by atoms with van der Waals surface area (Å²) < 4.78 is 0. The van der Waals surface area contributed by atoms with E-state index in [9.17, 15) is 4.79 Å². The molecule has 1 aromatic rings. The maximum atomic E-state index is 12.6. The van der Waals surface area contributed by atoms with Gasteiger partial charge in [0.1, 0.15) is 0 Å². The van der Waals surface area contributed by atoms with Gasteiger partial charge in [-0.2, -0.15) is 0 Å². The summed E-state index contributed by atoms with van der Waals surface area (Å²) in [6.07, 6.45) is 3.21. The monoisotopic (exact) mass is 292 g/mol. The number of nitrogens with one attached hydrogen (secondary N) is 1. The first kappa shape index (κ1) is 13.9. The number of rotatable bonds is 3. The highest BCUT2D eigenvalue weighted by molar-refractivity contribution is 6.31. The van der Waals surface area contributed by atoms with Crippen molar-refractivity contribution in [1.29, 1.82) is 0 Å². The molecule has 2 aliphatic rings. The lowest BCUT2D eigenvalue weighted by molar-refractivity contribution is -0.134. The molecule has 3 nitrogen and oxygen atoms in total. The molecule has 1 amide bonds. The predicted octanol–water partition coefficient (Wildman–Crippen LogP) is 2.65. The third kappa shape index (κ3) is 2.70. The average Bonchev–Trinajstić information content (AvgIpc) is 3.27. The summed E-state index contributed by atoms with van der Waals surface area (Å²) >= 11 is 6.23. The minimum atomic E-state index is 0.144. The summed E-state index contributed by atoms with van der Waals surface area (Å²) in [6, 6.07) is 8.35. The van der Waals surface area contributed by atoms with Crippen LogP contribution in [-0.2, 0) is 4.79 Å². The van der Waals surface area contributed by atoms with E-state index in [4.69, 9.17) is 11.6 Å². The van der Waals surface area contributed by atoms with Crippen LogP contribution in [-0.4, -0.2) is 37.0 Å². The molecule has 1 aliphatic carbocycles. The number of amides is 1. The van der Waals surface area contributed by atoms with Crippen LogP contribution in [0.5, 0.6) is 0 Å². The minimum Gasteiger partial charge on any atom is -0.341 e. The molecule has 20 heavy (non-hydrogen) atoms. The van der Waals surface area contributed by atoms with Crippen molar-refractivity contribution < 1.29 is 4.79 Å². The number of hydrogen-bond acceptors (Lipinski definition) is 2. The van der Waals surface area contributed by atoms with Gasteiger partial charge in [-0.1, -0.05) is 29.8 Å². The standard InChI is InChI=1S/C16H21ClN2O/c1-18-11-5-4-8-19(10-11)16(20)14-9-13(14)12-6-2-3-7-15(12)17/h2-3,6-7,11,13-14,18H,4-5,8-10H2,1H3. The van der Waals surface area contributed by atoms with Crippen LogP contribution in [0.3, 0.4) is 0 Å². The van der Waals surface area contributed by atoms with E-state index < -0.39 is 0 Å². The van der Waals surface area contributed by atoms with Gasteiger partial charge in [-0.05, 0) is 43.9 Å². The van der Waals surface area contributed by atoms with Crippen molar-refractivity contribution in [3.63, 3.8) is 0 Å². The summed E-state index contributed by atoms with van der Waals surface area (Å²) in [7, 11) is 1.97. The molecule has 108 valence electrons. The van der Waals surface area contributed by atoms with Gasteiger partial charge >= 0.3 is 0 Å². The maximum Gasteiger partial charge on any atom is 0.226 e. The number of benzene rings is 1. The first-order valence-electron chi connectivity index (χ1n) is 7.41. The van der Waals surface area contributed by atoms with Crippen molar-refractivity contribution >= 4 is 17.5 Å². The minimum absolute atomic E-state index is 0.144. The Hall–Kier alpha value is -1.06. The first-order valence-corrected chi connectivity index (χ1v) is 7.79. The molecule has 0 spiro atoms. The van der Waals surface area contributed by atoms with Crippen molar-refractivity contribution in [2.24, 2.45) is 5.92 Å². The highest BCUT2D eigenvalue weighted by atomic mass is 35.5. The van der Waals surface area contributed by atoms with Crippen LogP contribution in [0.2, 0.25) is 5.02 Å². The van der Waals surface area contributed by atoms with Crippen molar-refractivity contribution in [3.05, 3.63) is 34.9 Å². The van der Waals surface area contributed by atoms with Crippen LogP contribution in [0.1, 0.15) is 30.7 Å². The molecule has 1 saturated carbocycles. The fraction of sp³-hybridized carbons (Fsp3) is 0.562. The molecule has 0 aromatic heterocycles. The van der Waals surface area contributed by atoms with E-state index in [0.29, 0.717) is 17.9 Å². The second-order valence-corrected chi connectivity index (χ2v) is 6.29. The molecule has 1 saturated heterocycles. The van der Waals surface area contributed by atoms with Crippen molar-refractivity contribution in [2.45, 2.75) is 31.2 Å². The molecule has 0 bridgehead atoms. The van der Waals surface area contributed by atoms with Gasteiger partial charge in [-0.3, -0.25) is 4.79 Å². The van der Waals surface area contributed by atoms with E-state index in [1.165, 1.54) is 6.42 Å². The van der Waals surface area contributed by atoms with Gasteiger partial charge < -0.3 is 10.2 Å². The quantitative estimate of drug-likeness (QED) is 0.929. The van der Waals surface area contributed by atoms with Gasteiger partial charge in [-0.25, -0.2) is 0 Å². The van der Waals surface area contributed by atoms with E-state index in [-0.39, 0.29) is 5.92 Å². The van der Waals surface area contributed by atoms with Gasteiger partial charge in [0.2, 0.25) is 5.91 Å². The Balaban J connectivity index is 1.64. The summed E-state index contributed by atoms with van der Waals surface area (Å²) in [5.74, 6) is 0.784. The third-order valence-electron chi connectivity index (χ3n) is 4.55. The Morgan fingerprint density at radius 3 is 2.95 bits per heavy atom. The summed E-state index contributed by atoms with van der Waals surface area (Å²) in [5.41, 5.74) is 1.13. The van der Waals surface area contributed by atoms with Gasteiger partial charge in [0, 0.05) is 30.1 Å². The molecular formula is C16H21ClN2O. The highest BCUT2D eigenvalue weighted by Crippen LogP contribution is 2.50. The first-order chi connectivity index (χ1) is 9.70. The molecule has 4 heteroatoms. The Bertz CT molecular complexity index is 505. The second kappa shape index (κ2) is 5.74. The predicted molar refractivity (Wildman–Crippen MR) is 81.0 cm³/mol. The zero-order valence-electron chi connectivity index (χ0n) is 11.8. The topological polar surface area (TPSA) is 32.3 Å². The molecule has 0 radical (unpaired) electrons.